The Morgan fingerprint density at radius 2 is 1.33 bits per heavy atom. The Balaban J connectivity index is 1.57. The maximum absolute atomic E-state index is 13.6. The van der Waals surface area contributed by atoms with E-state index in [1.807, 2.05) is 91.0 Å². The first-order valence-electron chi connectivity index (χ1n) is 12.0. The lowest BCUT2D eigenvalue weighted by Gasteiger charge is -2.29. The minimum absolute atomic E-state index is 0.00592. The van der Waals surface area contributed by atoms with E-state index in [4.69, 9.17) is 47.0 Å². The molecule has 3 N–H and O–H groups in total. The number of carbonyl (C=O) groups is 1. The number of carbonyl (C=O) groups excluding carboxylic acids is 1. The first-order valence-corrected chi connectivity index (χ1v) is 13.5. The minimum atomic E-state index is -1.98. The third-order valence-electron chi connectivity index (χ3n) is 6.21. The number of rotatable bonds is 7. The molecule has 0 spiro atoms. The zero-order valence-corrected chi connectivity index (χ0v) is 24.2. The maximum atomic E-state index is 13.6. The summed E-state index contributed by atoms with van der Waals surface area (Å²) < 4.78 is 1.25. The van der Waals surface area contributed by atoms with E-state index in [1.165, 1.54) is 4.68 Å². The predicted molar refractivity (Wildman–Crippen MR) is 162 cm³/mol. The number of halogens is 3. The minimum Gasteiger partial charge on any atom is -0.339 e. The highest BCUT2D eigenvalue weighted by atomic mass is 35.6. The number of hydrogen-bond acceptors (Lipinski definition) is 3. The van der Waals surface area contributed by atoms with Crippen molar-refractivity contribution < 1.29 is 4.79 Å². The molecule has 0 aliphatic rings. The van der Waals surface area contributed by atoms with Crippen LogP contribution >= 0.6 is 47.0 Å². The molecule has 0 fully saturated rings. The zero-order valence-electron chi connectivity index (χ0n) is 21.1. The van der Waals surface area contributed by atoms with Gasteiger partial charge in [0.15, 0.2) is 5.11 Å². The van der Waals surface area contributed by atoms with E-state index in [1.54, 1.807) is 18.7 Å². The molecule has 4 rings (SSSR count). The van der Waals surface area contributed by atoms with Gasteiger partial charge < -0.3 is 16.0 Å². The molecule has 3 aromatic carbocycles. The first-order chi connectivity index (χ1) is 18.6. The Hall–Kier alpha value is -3.30. The van der Waals surface area contributed by atoms with Crippen molar-refractivity contribution in [3.63, 3.8) is 0 Å². The largest absolute Gasteiger partial charge is 0.339 e. The molecule has 1 aromatic heterocycles. The Kier molecular flexibility index (Phi) is 9.02. The second-order valence-corrected chi connectivity index (χ2v) is 11.5. The van der Waals surface area contributed by atoms with Gasteiger partial charge in [-0.1, -0.05) is 114 Å². The quantitative estimate of drug-likeness (QED) is 0.150. The lowest BCUT2D eigenvalue weighted by atomic mass is 9.90. The Morgan fingerprint density at radius 1 is 0.846 bits per heavy atom. The number of alkyl halides is 3. The monoisotopic (exact) mass is 601 g/mol. The van der Waals surface area contributed by atoms with Crippen molar-refractivity contribution in [2.45, 2.75) is 22.8 Å². The number of hydrogen-bond donors (Lipinski definition) is 3. The van der Waals surface area contributed by atoms with E-state index in [9.17, 15) is 9.59 Å². The van der Waals surface area contributed by atoms with Crippen LogP contribution in [-0.2, 0) is 11.8 Å². The van der Waals surface area contributed by atoms with Crippen LogP contribution in [0.5, 0.6) is 0 Å². The standard InChI is InChI=1S/C28H26Cl3N5O2S/c1-18-23(25(38)36(35(18)2)21-16-10-5-11-17-21)32-27(39)34-26(28(29,30)31)33-24(37)22(19-12-6-3-7-13-19)20-14-8-4-9-15-20/h3-17,22,26H,1-2H3,(H,33,37)(H2,32,34,39)/t26-/m1/s1. The van der Waals surface area contributed by atoms with Gasteiger partial charge in [0, 0.05) is 7.05 Å². The first kappa shape index (κ1) is 28.7. The van der Waals surface area contributed by atoms with Crippen molar-refractivity contribution in [2.24, 2.45) is 7.05 Å². The van der Waals surface area contributed by atoms with Crippen molar-refractivity contribution in [3.05, 3.63) is 118 Å². The third-order valence-corrected chi connectivity index (χ3v) is 7.08. The van der Waals surface area contributed by atoms with Crippen molar-refractivity contribution >= 4 is 63.7 Å². The molecule has 202 valence electrons. The van der Waals surface area contributed by atoms with Gasteiger partial charge in [-0.15, -0.1) is 0 Å². The number of amides is 1. The molecule has 1 atom stereocenters. The van der Waals surface area contributed by atoms with Gasteiger partial charge in [-0.3, -0.25) is 14.3 Å². The van der Waals surface area contributed by atoms with E-state index in [2.05, 4.69) is 16.0 Å². The SMILES string of the molecule is Cc1c(NC(=S)N[C@@H](NC(=O)C(c2ccccc2)c2ccccc2)C(Cl)(Cl)Cl)c(=O)n(-c2ccccc2)n1C. The number of anilines is 1. The topological polar surface area (TPSA) is 80.1 Å². The van der Waals surface area contributed by atoms with E-state index in [-0.39, 0.29) is 16.4 Å². The zero-order chi connectivity index (χ0) is 28.2. The summed E-state index contributed by atoms with van der Waals surface area (Å²) >= 11 is 24.2. The maximum Gasteiger partial charge on any atom is 0.295 e. The van der Waals surface area contributed by atoms with Crippen LogP contribution < -0.4 is 21.5 Å². The highest BCUT2D eigenvalue weighted by Gasteiger charge is 2.37. The normalized spacial score (nSPS) is 12.2. The van der Waals surface area contributed by atoms with Gasteiger partial charge in [0.25, 0.3) is 5.56 Å². The van der Waals surface area contributed by atoms with Crippen molar-refractivity contribution in [1.29, 1.82) is 0 Å². The molecule has 0 aliphatic heterocycles. The highest BCUT2D eigenvalue weighted by Crippen LogP contribution is 2.31. The molecule has 11 heteroatoms. The highest BCUT2D eigenvalue weighted by molar-refractivity contribution is 7.80. The molecule has 1 amide bonds. The average Bonchev–Trinajstić information content (AvgIpc) is 3.12. The summed E-state index contributed by atoms with van der Waals surface area (Å²) in [4.78, 5) is 26.9. The lowest BCUT2D eigenvalue weighted by Crippen LogP contribution is -2.57. The molecule has 0 unspecified atom stereocenters. The molecule has 0 aliphatic carbocycles. The van der Waals surface area contributed by atoms with Gasteiger partial charge in [-0.25, -0.2) is 4.68 Å². The number of thiocarbonyl (C=S) groups is 1. The van der Waals surface area contributed by atoms with Gasteiger partial charge in [0.1, 0.15) is 11.9 Å². The molecule has 7 nitrogen and oxygen atoms in total. The van der Waals surface area contributed by atoms with Crippen LogP contribution in [0.2, 0.25) is 0 Å². The molecular formula is C28H26Cl3N5O2S. The van der Waals surface area contributed by atoms with E-state index >= 15 is 0 Å². The van der Waals surface area contributed by atoms with E-state index < -0.39 is 21.8 Å². The summed E-state index contributed by atoms with van der Waals surface area (Å²) in [5, 5.41) is 8.54. The molecule has 0 bridgehead atoms. The van der Waals surface area contributed by atoms with Crippen molar-refractivity contribution in [3.8, 4) is 5.69 Å². The Labute approximate surface area is 246 Å². The lowest BCUT2D eigenvalue weighted by molar-refractivity contribution is -0.122. The number of para-hydroxylation sites is 1. The number of nitrogens with one attached hydrogen (secondary N) is 3. The molecule has 0 saturated carbocycles. The summed E-state index contributed by atoms with van der Waals surface area (Å²) in [5.41, 5.74) is 2.81. The van der Waals surface area contributed by atoms with Crippen LogP contribution in [-0.4, -0.2) is 30.3 Å². The predicted octanol–water partition coefficient (Wildman–Crippen LogP) is 5.42. The van der Waals surface area contributed by atoms with Gasteiger partial charge >= 0.3 is 0 Å². The average molecular weight is 603 g/mol. The number of nitrogens with zero attached hydrogens (tertiary/aromatic N) is 2. The summed E-state index contributed by atoms with van der Waals surface area (Å²) in [6.45, 7) is 1.78. The summed E-state index contributed by atoms with van der Waals surface area (Å²) in [5.74, 6) is -1.07. The van der Waals surface area contributed by atoms with E-state index in [0.717, 1.165) is 11.1 Å². The van der Waals surface area contributed by atoms with E-state index in [0.29, 0.717) is 11.4 Å². The molecule has 1 heterocycles. The van der Waals surface area contributed by atoms with Gasteiger partial charge in [-0.05, 0) is 42.4 Å². The molecule has 0 radical (unpaired) electrons. The summed E-state index contributed by atoms with van der Waals surface area (Å²) in [6.07, 6.45) is -1.22. The Bertz CT molecular complexity index is 1460. The van der Waals surface area contributed by atoms with Gasteiger partial charge in [0.2, 0.25) is 9.70 Å². The van der Waals surface area contributed by atoms with Crippen LogP contribution in [0.3, 0.4) is 0 Å². The number of aromatic nitrogens is 2. The fraction of sp³-hybridized carbons (Fsp3) is 0.179. The smallest absolute Gasteiger partial charge is 0.295 e. The number of benzene rings is 3. The third kappa shape index (κ3) is 6.65. The van der Waals surface area contributed by atoms with Crippen molar-refractivity contribution in [1.82, 2.24) is 20.0 Å². The fourth-order valence-electron chi connectivity index (χ4n) is 4.20. The summed E-state index contributed by atoms with van der Waals surface area (Å²) in [7, 11) is 1.77. The van der Waals surface area contributed by atoms with Crippen LogP contribution in [0.4, 0.5) is 5.69 Å². The van der Waals surface area contributed by atoms with Gasteiger partial charge in [0.05, 0.1) is 17.3 Å². The van der Waals surface area contributed by atoms with Crippen LogP contribution in [0.25, 0.3) is 5.69 Å². The van der Waals surface area contributed by atoms with Crippen LogP contribution in [0.15, 0.2) is 95.8 Å². The molecular weight excluding hydrogens is 577 g/mol. The second-order valence-electron chi connectivity index (χ2n) is 8.77. The van der Waals surface area contributed by atoms with Crippen molar-refractivity contribution in [2.75, 3.05) is 5.32 Å². The Morgan fingerprint density at radius 3 is 1.82 bits per heavy atom. The molecule has 4 aromatic rings. The molecule has 39 heavy (non-hydrogen) atoms. The second kappa shape index (κ2) is 12.3. The van der Waals surface area contributed by atoms with Crippen LogP contribution in [0, 0.1) is 6.92 Å². The van der Waals surface area contributed by atoms with Crippen LogP contribution in [0.1, 0.15) is 22.7 Å². The molecule has 0 saturated heterocycles. The fourth-order valence-corrected chi connectivity index (χ4v) is 4.75. The summed E-state index contributed by atoms with van der Waals surface area (Å²) in [6, 6.07) is 27.8. The van der Waals surface area contributed by atoms with Gasteiger partial charge in [-0.2, -0.15) is 0 Å².